The zero-order valence-electron chi connectivity index (χ0n) is 17.2. The lowest BCUT2D eigenvalue weighted by Crippen LogP contribution is -2.25. The smallest absolute Gasteiger partial charge is 0.220 e. The van der Waals surface area contributed by atoms with Gasteiger partial charge in [0.05, 0.1) is 6.61 Å². The van der Waals surface area contributed by atoms with E-state index in [-0.39, 0.29) is 12.5 Å². The topological polar surface area (TPSA) is 49.3 Å². The van der Waals surface area contributed by atoms with Crippen molar-refractivity contribution in [1.82, 2.24) is 5.32 Å². The molecule has 0 saturated carbocycles. The minimum absolute atomic E-state index is 0.0246. The van der Waals surface area contributed by atoms with Gasteiger partial charge < -0.3 is 10.4 Å². The van der Waals surface area contributed by atoms with Crippen LogP contribution in [0.15, 0.2) is 24.3 Å². The van der Waals surface area contributed by atoms with Crippen molar-refractivity contribution in [3.8, 4) is 0 Å². The minimum Gasteiger partial charge on any atom is -0.395 e. The molecule has 152 valence electrons. The Balaban J connectivity index is 3.21. The summed E-state index contributed by atoms with van der Waals surface area (Å²) in [7, 11) is 0. The maximum absolute atomic E-state index is 11.3. The molecule has 0 aromatic carbocycles. The molecule has 0 unspecified atom stereocenters. The molecule has 0 aliphatic rings. The summed E-state index contributed by atoms with van der Waals surface area (Å²) < 4.78 is 0. The lowest BCUT2D eigenvalue weighted by atomic mass is 10.1. The Morgan fingerprint density at radius 1 is 0.769 bits per heavy atom. The van der Waals surface area contributed by atoms with Gasteiger partial charge in [-0.25, -0.2) is 0 Å². The Morgan fingerprint density at radius 3 is 1.88 bits per heavy atom. The Kier molecular flexibility index (Phi) is 21.0. The predicted octanol–water partition coefficient (Wildman–Crippen LogP) is 6.08. The maximum atomic E-state index is 11.3. The van der Waals surface area contributed by atoms with Crippen molar-refractivity contribution in [3.63, 3.8) is 0 Å². The fourth-order valence-corrected chi connectivity index (χ4v) is 2.91. The van der Waals surface area contributed by atoms with Crippen LogP contribution in [-0.2, 0) is 4.79 Å². The van der Waals surface area contributed by atoms with E-state index in [0.29, 0.717) is 13.0 Å². The average Bonchev–Trinajstić information content (AvgIpc) is 2.65. The van der Waals surface area contributed by atoms with E-state index in [1.165, 1.54) is 70.6 Å². The van der Waals surface area contributed by atoms with Crippen LogP contribution < -0.4 is 5.32 Å². The summed E-state index contributed by atoms with van der Waals surface area (Å²) in [6.07, 6.45) is 27.3. The van der Waals surface area contributed by atoms with Gasteiger partial charge in [0.25, 0.3) is 0 Å². The lowest BCUT2D eigenvalue weighted by Gasteiger charge is -2.03. The second-order valence-corrected chi connectivity index (χ2v) is 7.11. The van der Waals surface area contributed by atoms with Gasteiger partial charge in [-0.05, 0) is 38.5 Å². The number of carbonyl (C=O) groups excluding carboxylic acids is 1. The van der Waals surface area contributed by atoms with Crippen molar-refractivity contribution in [2.45, 2.75) is 103 Å². The number of hydrogen-bond donors (Lipinski definition) is 2. The third kappa shape index (κ3) is 21.0. The third-order valence-electron chi connectivity index (χ3n) is 4.54. The molecule has 0 bridgehead atoms. The minimum atomic E-state index is 0.0246. The van der Waals surface area contributed by atoms with Gasteiger partial charge in [0.1, 0.15) is 0 Å². The Morgan fingerprint density at radius 2 is 1.31 bits per heavy atom. The van der Waals surface area contributed by atoms with E-state index >= 15 is 0 Å². The van der Waals surface area contributed by atoms with Crippen LogP contribution in [-0.4, -0.2) is 24.2 Å². The molecule has 0 saturated heterocycles. The molecule has 0 atom stereocenters. The zero-order valence-corrected chi connectivity index (χ0v) is 17.2. The van der Waals surface area contributed by atoms with Crippen LogP contribution in [0.25, 0.3) is 0 Å². The molecule has 0 aliphatic carbocycles. The Bertz CT molecular complexity index is 350. The van der Waals surface area contributed by atoms with Crippen LogP contribution in [0.4, 0.5) is 0 Å². The van der Waals surface area contributed by atoms with Crippen LogP contribution in [0.1, 0.15) is 103 Å². The zero-order chi connectivity index (χ0) is 19.1. The maximum Gasteiger partial charge on any atom is 0.220 e. The standard InChI is InChI=1S/C23H43NO2/c1-2-3-4-5-6-7-8-9-10-11-12-13-14-15-16-17-18-19-20-23(26)24-21-22-25/h7-8,10-11,25H,2-6,9,12-22H2,1H3,(H,24,26)/b8-7-,11-10-. The van der Waals surface area contributed by atoms with Gasteiger partial charge in [0, 0.05) is 13.0 Å². The molecule has 3 heteroatoms. The fourth-order valence-electron chi connectivity index (χ4n) is 2.91. The van der Waals surface area contributed by atoms with Gasteiger partial charge in [-0.2, -0.15) is 0 Å². The number of unbranched alkanes of at least 4 members (excludes halogenated alkanes) is 11. The number of hydrogen-bond acceptors (Lipinski definition) is 2. The van der Waals surface area contributed by atoms with Gasteiger partial charge in [-0.3, -0.25) is 4.79 Å². The normalized spacial score (nSPS) is 11.6. The van der Waals surface area contributed by atoms with E-state index < -0.39 is 0 Å². The molecule has 0 rings (SSSR count). The summed E-state index contributed by atoms with van der Waals surface area (Å²) in [5.41, 5.74) is 0. The molecule has 0 aromatic heterocycles. The SMILES string of the molecule is CCCCCC/C=C\C/C=C\CCCCCCCCCC(=O)NCCO. The molecule has 1 amide bonds. The van der Waals surface area contributed by atoms with Crippen LogP contribution in [0.5, 0.6) is 0 Å². The number of aliphatic hydroxyl groups excluding tert-OH is 1. The molecule has 0 aromatic rings. The largest absolute Gasteiger partial charge is 0.395 e. The number of allylic oxidation sites excluding steroid dienone is 4. The fraction of sp³-hybridized carbons (Fsp3) is 0.783. The van der Waals surface area contributed by atoms with Crippen molar-refractivity contribution >= 4 is 5.91 Å². The first-order valence-electron chi connectivity index (χ1n) is 11.0. The lowest BCUT2D eigenvalue weighted by molar-refractivity contribution is -0.121. The second kappa shape index (κ2) is 22.0. The first-order valence-corrected chi connectivity index (χ1v) is 11.0. The van der Waals surface area contributed by atoms with Crippen molar-refractivity contribution in [2.75, 3.05) is 13.2 Å². The van der Waals surface area contributed by atoms with Gasteiger partial charge in [-0.1, -0.05) is 82.6 Å². The number of carbonyl (C=O) groups is 1. The summed E-state index contributed by atoms with van der Waals surface area (Å²) in [6.45, 7) is 2.66. The quantitative estimate of drug-likeness (QED) is 0.215. The summed E-state index contributed by atoms with van der Waals surface area (Å²) in [4.78, 5) is 11.3. The molecule has 0 aliphatic heterocycles. The van der Waals surface area contributed by atoms with Gasteiger partial charge in [0.15, 0.2) is 0 Å². The first kappa shape index (κ1) is 24.9. The van der Waals surface area contributed by atoms with Gasteiger partial charge in [-0.15, -0.1) is 0 Å². The highest BCUT2D eigenvalue weighted by atomic mass is 16.3. The summed E-state index contributed by atoms with van der Waals surface area (Å²) >= 11 is 0. The second-order valence-electron chi connectivity index (χ2n) is 7.11. The molecule has 0 fully saturated rings. The van der Waals surface area contributed by atoms with E-state index in [4.69, 9.17) is 5.11 Å². The molecule has 26 heavy (non-hydrogen) atoms. The molecule has 3 nitrogen and oxygen atoms in total. The van der Waals surface area contributed by atoms with E-state index in [9.17, 15) is 4.79 Å². The van der Waals surface area contributed by atoms with Gasteiger partial charge in [0.2, 0.25) is 5.91 Å². The van der Waals surface area contributed by atoms with Crippen molar-refractivity contribution < 1.29 is 9.90 Å². The van der Waals surface area contributed by atoms with Crippen molar-refractivity contribution in [3.05, 3.63) is 24.3 Å². The number of aliphatic hydroxyl groups is 1. The summed E-state index contributed by atoms with van der Waals surface area (Å²) in [5, 5.41) is 11.3. The van der Waals surface area contributed by atoms with Crippen LogP contribution >= 0.6 is 0 Å². The third-order valence-corrected chi connectivity index (χ3v) is 4.54. The average molecular weight is 366 g/mol. The van der Waals surface area contributed by atoms with Crippen LogP contribution in [0, 0.1) is 0 Å². The Hall–Kier alpha value is -1.09. The predicted molar refractivity (Wildman–Crippen MR) is 113 cm³/mol. The van der Waals surface area contributed by atoms with Crippen molar-refractivity contribution in [2.24, 2.45) is 0 Å². The van der Waals surface area contributed by atoms with E-state index in [1.807, 2.05) is 0 Å². The molecule has 2 N–H and O–H groups in total. The number of rotatable bonds is 19. The van der Waals surface area contributed by atoms with Crippen LogP contribution in [0.2, 0.25) is 0 Å². The van der Waals surface area contributed by atoms with E-state index in [0.717, 1.165) is 19.3 Å². The highest BCUT2D eigenvalue weighted by molar-refractivity contribution is 5.75. The van der Waals surface area contributed by atoms with E-state index in [1.54, 1.807) is 0 Å². The molecular formula is C23H43NO2. The Labute approximate surface area is 162 Å². The number of nitrogens with one attached hydrogen (secondary N) is 1. The van der Waals surface area contributed by atoms with Gasteiger partial charge >= 0.3 is 0 Å². The van der Waals surface area contributed by atoms with Crippen LogP contribution in [0.3, 0.4) is 0 Å². The molecule has 0 spiro atoms. The molecule has 0 heterocycles. The summed E-state index contributed by atoms with van der Waals surface area (Å²) in [5.74, 6) is 0.0668. The van der Waals surface area contributed by atoms with E-state index in [2.05, 4.69) is 36.5 Å². The molecule has 0 radical (unpaired) electrons. The highest BCUT2D eigenvalue weighted by Gasteiger charge is 1.99. The van der Waals surface area contributed by atoms with Crippen molar-refractivity contribution in [1.29, 1.82) is 0 Å². The monoisotopic (exact) mass is 365 g/mol. The molecular weight excluding hydrogens is 322 g/mol. The number of amides is 1. The highest BCUT2D eigenvalue weighted by Crippen LogP contribution is 2.10. The summed E-state index contributed by atoms with van der Waals surface area (Å²) in [6, 6.07) is 0. The first-order chi connectivity index (χ1) is 12.8.